The molecular weight excluding hydrogens is 437 g/mol. The second-order valence-electron chi connectivity index (χ2n) is 6.83. The molecule has 1 amide bonds. The topological polar surface area (TPSA) is 90.6 Å². The molecule has 0 radical (unpaired) electrons. The summed E-state index contributed by atoms with van der Waals surface area (Å²) in [6, 6.07) is 16.1. The van der Waals surface area contributed by atoms with E-state index in [0.29, 0.717) is 33.7 Å². The van der Waals surface area contributed by atoms with Crippen molar-refractivity contribution in [2.24, 2.45) is 0 Å². The van der Waals surface area contributed by atoms with Gasteiger partial charge in [0.25, 0.3) is 5.91 Å². The highest BCUT2D eigenvalue weighted by Crippen LogP contribution is 2.20. The molecule has 32 heavy (non-hydrogen) atoms. The second-order valence-corrected chi connectivity index (χ2v) is 7.27. The maximum Gasteiger partial charge on any atom is 0.260 e. The molecule has 0 aliphatic rings. The molecule has 4 aromatic rings. The van der Waals surface area contributed by atoms with E-state index < -0.39 is 6.10 Å². The molecule has 2 aromatic carbocycles. The first kappa shape index (κ1) is 21.5. The fourth-order valence-electron chi connectivity index (χ4n) is 2.90. The molecule has 0 saturated heterocycles. The Bertz CT molecular complexity index is 1230. The number of nitrogens with zero attached hydrogens (tertiary/aromatic N) is 4. The number of benzene rings is 2. The van der Waals surface area contributed by atoms with Crippen LogP contribution in [0.4, 0.5) is 4.39 Å². The largest absolute Gasteiger partial charge is 0.481 e. The Morgan fingerprint density at radius 1 is 1.16 bits per heavy atom. The number of ether oxygens (including phenoxy) is 2. The van der Waals surface area contributed by atoms with Crippen LogP contribution in [0.5, 0.6) is 11.6 Å². The number of hydrogen-bond acceptors (Lipinski definition) is 6. The number of carbonyl (C=O) groups is 1. The van der Waals surface area contributed by atoms with Gasteiger partial charge in [0.15, 0.2) is 17.6 Å². The van der Waals surface area contributed by atoms with Crippen molar-refractivity contribution in [2.45, 2.75) is 13.0 Å². The molecule has 1 N–H and O–H groups in total. The Hall–Kier alpha value is -3.72. The molecule has 0 spiro atoms. The van der Waals surface area contributed by atoms with E-state index in [9.17, 15) is 9.18 Å². The third-order valence-corrected chi connectivity index (χ3v) is 4.71. The second kappa shape index (κ2) is 9.61. The highest BCUT2D eigenvalue weighted by Gasteiger charge is 2.15. The average Bonchev–Trinajstić information content (AvgIpc) is 3.20. The molecule has 0 aliphatic carbocycles. The number of carbonyl (C=O) groups excluding carboxylic acids is 1. The van der Waals surface area contributed by atoms with Crippen molar-refractivity contribution >= 4 is 23.2 Å². The molecule has 0 saturated carbocycles. The summed E-state index contributed by atoms with van der Waals surface area (Å²) in [7, 11) is 0. The Morgan fingerprint density at radius 2 is 1.97 bits per heavy atom. The molecule has 0 fully saturated rings. The van der Waals surface area contributed by atoms with Gasteiger partial charge in [0.2, 0.25) is 5.88 Å². The zero-order chi connectivity index (χ0) is 22.5. The predicted molar refractivity (Wildman–Crippen MR) is 116 cm³/mol. The fourth-order valence-corrected chi connectivity index (χ4v) is 3.08. The number of nitrogens with one attached hydrogen (secondary N) is 1. The molecule has 8 nitrogen and oxygen atoms in total. The average molecular weight is 456 g/mol. The van der Waals surface area contributed by atoms with Gasteiger partial charge in [-0.2, -0.15) is 4.52 Å². The first-order valence-corrected chi connectivity index (χ1v) is 10.2. The van der Waals surface area contributed by atoms with Gasteiger partial charge in [-0.3, -0.25) is 4.79 Å². The zero-order valence-electron chi connectivity index (χ0n) is 17.0. The molecule has 1 unspecified atom stereocenters. The summed E-state index contributed by atoms with van der Waals surface area (Å²) in [5.41, 5.74) is 1.20. The molecule has 4 rings (SSSR count). The van der Waals surface area contributed by atoms with Crippen molar-refractivity contribution in [2.75, 3.05) is 13.2 Å². The lowest BCUT2D eigenvalue weighted by Gasteiger charge is -2.15. The van der Waals surface area contributed by atoms with Crippen LogP contribution in [0.2, 0.25) is 5.02 Å². The third kappa shape index (κ3) is 5.12. The minimum atomic E-state index is -0.696. The lowest BCUT2D eigenvalue weighted by atomic mass is 10.2. The SMILES string of the molecule is CC(Oc1cccc(Cl)c1)C(=O)NCCOc1ccc2nnc(-c3ccc(F)cc3)n2n1. The first-order valence-electron chi connectivity index (χ1n) is 9.81. The summed E-state index contributed by atoms with van der Waals surface area (Å²) >= 11 is 5.92. The standard InChI is InChI=1S/C22H19ClFN5O3/c1-14(32-18-4-2-3-16(23)13-18)22(30)25-11-12-31-20-10-9-19-26-27-21(29(19)28-20)15-5-7-17(24)8-6-15/h2-10,13-14H,11-12H2,1H3,(H,25,30). The maximum atomic E-state index is 13.2. The van der Waals surface area contributed by atoms with Gasteiger partial charge < -0.3 is 14.8 Å². The summed E-state index contributed by atoms with van der Waals surface area (Å²) < 4.78 is 25.9. The normalized spacial score (nSPS) is 11.8. The number of fused-ring (bicyclic) bond motifs is 1. The Labute approximate surface area is 187 Å². The van der Waals surface area contributed by atoms with Crippen LogP contribution in [0.3, 0.4) is 0 Å². The number of halogens is 2. The Balaban J connectivity index is 1.32. The monoisotopic (exact) mass is 455 g/mol. The van der Waals surface area contributed by atoms with Crippen molar-refractivity contribution in [3.63, 3.8) is 0 Å². The highest BCUT2D eigenvalue weighted by atomic mass is 35.5. The molecule has 2 heterocycles. The quantitative estimate of drug-likeness (QED) is 0.409. The lowest BCUT2D eigenvalue weighted by Crippen LogP contribution is -2.38. The minimum absolute atomic E-state index is 0.197. The van der Waals surface area contributed by atoms with Gasteiger partial charge >= 0.3 is 0 Å². The van der Waals surface area contributed by atoms with Gasteiger partial charge in [-0.15, -0.1) is 15.3 Å². The number of rotatable bonds is 8. The van der Waals surface area contributed by atoms with E-state index in [1.54, 1.807) is 55.5 Å². The van der Waals surface area contributed by atoms with Crippen LogP contribution in [-0.2, 0) is 4.79 Å². The zero-order valence-corrected chi connectivity index (χ0v) is 17.8. The molecule has 164 valence electrons. The van der Waals surface area contributed by atoms with Crippen LogP contribution in [-0.4, -0.2) is 45.0 Å². The summed E-state index contributed by atoms with van der Waals surface area (Å²) in [6.45, 7) is 2.10. The van der Waals surface area contributed by atoms with E-state index in [1.807, 2.05) is 0 Å². The van der Waals surface area contributed by atoms with Gasteiger partial charge in [0.1, 0.15) is 18.2 Å². The number of hydrogen-bond donors (Lipinski definition) is 1. The molecule has 10 heteroatoms. The van der Waals surface area contributed by atoms with Gasteiger partial charge in [-0.1, -0.05) is 17.7 Å². The van der Waals surface area contributed by atoms with Crippen LogP contribution >= 0.6 is 11.6 Å². The van der Waals surface area contributed by atoms with E-state index in [0.717, 1.165) is 0 Å². The third-order valence-electron chi connectivity index (χ3n) is 4.47. The van der Waals surface area contributed by atoms with Gasteiger partial charge in [-0.05, 0) is 55.5 Å². The predicted octanol–water partition coefficient (Wildman–Crippen LogP) is 3.55. The number of aromatic nitrogens is 4. The van der Waals surface area contributed by atoms with Gasteiger partial charge in [0.05, 0.1) is 6.54 Å². The van der Waals surface area contributed by atoms with E-state index in [-0.39, 0.29) is 24.9 Å². The summed E-state index contributed by atoms with van der Waals surface area (Å²) in [6.07, 6.45) is -0.696. The van der Waals surface area contributed by atoms with Crippen LogP contribution in [0, 0.1) is 5.82 Å². The Morgan fingerprint density at radius 3 is 2.75 bits per heavy atom. The Kier molecular flexibility index (Phi) is 6.46. The summed E-state index contributed by atoms with van der Waals surface area (Å²) in [5, 5.41) is 15.8. The summed E-state index contributed by atoms with van der Waals surface area (Å²) in [5.74, 6) is 0.687. The van der Waals surface area contributed by atoms with Crippen LogP contribution < -0.4 is 14.8 Å². The smallest absolute Gasteiger partial charge is 0.260 e. The van der Waals surface area contributed by atoms with Crippen LogP contribution in [0.15, 0.2) is 60.7 Å². The molecule has 1 atom stereocenters. The fraction of sp³-hybridized carbons (Fsp3) is 0.182. The highest BCUT2D eigenvalue weighted by molar-refractivity contribution is 6.30. The van der Waals surface area contributed by atoms with E-state index >= 15 is 0 Å². The summed E-state index contributed by atoms with van der Waals surface area (Å²) in [4.78, 5) is 12.2. The molecule has 2 aromatic heterocycles. The van der Waals surface area contributed by atoms with Crippen molar-refractivity contribution < 1.29 is 18.7 Å². The maximum absolute atomic E-state index is 13.2. The van der Waals surface area contributed by atoms with Crippen molar-refractivity contribution in [3.05, 3.63) is 71.5 Å². The van der Waals surface area contributed by atoms with E-state index in [1.165, 1.54) is 16.6 Å². The van der Waals surface area contributed by atoms with Crippen molar-refractivity contribution in [3.8, 4) is 23.0 Å². The molecule has 0 aliphatic heterocycles. The van der Waals surface area contributed by atoms with E-state index in [2.05, 4.69) is 20.6 Å². The minimum Gasteiger partial charge on any atom is -0.481 e. The van der Waals surface area contributed by atoms with Gasteiger partial charge in [-0.25, -0.2) is 4.39 Å². The van der Waals surface area contributed by atoms with Crippen molar-refractivity contribution in [1.82, 2.24) is 25.1 Å². The van der Waals surface area contributed by atoms with Crippen LogP contribution in [0.25, 0.3) is 17.0 Å². The van der Waals surface area contributed by atoms with Crippen molar-refractivity contribution in [1.29, 1.82) is 0 Å². The van der Waals surface area contributed by atoms with Gasteiger partial charge in [0, 0.05) is 16.7 Å². The molecular formula is C22H19ClFN5O3. The first-order chi connectivity index (χ1) is 15.5. The number of amides is 1. The van der Waals surface area contributed by atoms with Crippen LogP contribution in [0.1, 0.15) is 6.92 Å². The lowest BCUT2D eigenvalue weighted by molar-refractivity contribution is -0.127. The molecule has 0 bridgehead atoms. The van der Waals surface area contributed by atoms with E-state index in [4.69, 9.17) is 21.1 Å².